The second kappa shape index (κ2) is 11.6. The zero-order valence-electron chi connectivity index (χ0n) is 13.3. The third-order valence-corrected chi connectivity index (χ3v) is 3.59. The van der Waals surface area contributed by atoms with Crippen molar-refractivity contribution in [1.29, 1.82) is 0 Å². The van der Waals surface area contributed by atoms with Gasteiger partial charge in [-0.15, -0.1) is 11.8 Å². The van der Waals surface area contributed by atoms with Crippen LogP contribution in [0.25, 0.3) is 0 Å². The quantitative estimate of drug-likeness (QED) is 0.740. The van der Waals surface area contributed by atoms with Gasteiger partial charge in [0.15, 0.2) is 0 Å². The molecule has 0 bridgehead atoms. The predicted octanol–water partition coefficient (Wildman–Crippen LogP) is 4.97. The van der Waals surface area contributed by atoms with E-state index in [1.165, 1.54) is 9.81 Å². The Labute approximate surface area is 128 Å². The maximum absolute atomic E-state index is 10.9. The van der Waals surface area contributed by atoms with Gasteiger partial charge in [0.25, 0.3) is 5.91 Å². The Morgan fingerprint density at radius 1 is 1.10 bits per heavy atom. The van der Waals surface area contributed by atoms with Gasteiger partial charge in [-0.3, -0.25) is 4.79 Å². The fourth-order valence-corrected chi connectivity index (χ4v) is 2.52. The molecule has 2 nitrogen and oxygen atoms in total. The number of carbonyl (C=O) groups excluding carboxylic acids is 1. The Balaban J connectivity index is 0.000000327. The van der Waals surface area contributed by atoms with Crippen LogP contribution >= 0.6 is 11.8 Å². The minimum atomic E-state index is 0.0101. The molecule has 0 aromatic carbocycles. The van der Waals surface area contributed by atoms with Crippen molar-refractivity contribution < 1.29 is 4.79 Å². The Hall–Kier alpha value is -1.22. The van der Waals surface area contributed by atoms with Crippen LogP contribution in [0, 0.1) is 0 Å². The predicted molar refractivity (Wildman–Crippen MR) is 91.6 cm³/mol. The summed E-state index contributed by atoms with van der Waals surface area (Å²) in [5.74, 6) is 0.0101. The molecule has 0 unspecified atom stereocenters. The summed E-state index contributed by atoms with van der Waals surface area (Å²) in [6, 6.07) is 0. The topological polar surface area (TPSA) is 29.1 Å². The first-order chi connectivity index (χ1) is 9.63. The van der Waals surface area contributed by atoms with E-state index in [4.69, 9.17) is 0 Å². The molecule has 0 spiro atoms. The highest BCUT2D eigenvalue weighted by Gasteiger charge is 2.04. The maximum Gasteiger partial charge on any atom is 0.250 e. The van der Waals surface area contributed by atoms with Crippen molar-refractivity contribution in [3.05, 3.63) is 45.8 Å². The van der Waals surface area contributed by atoms with Gasteiger partial charge in [0.2, 0.25) is 0 Å². The Morgan fingerprint density at radius 2 is 1.70 bits per heavy atom. The van der Waals surface area contributed by atoms with Crippen LogP contribution in [-0.2, 0) is 4.79 Å². The highest BCUT2D eigenvalue weighted by molar-refractivity contribution is 8.06. The molecule has 0 fully saturated rings. The van der Waals surface area contributed by atoms with Gasteiger partial charge in [0.1, 0.15) is 0 Å². The van der Waals surface area contributed by atoms with Gasteiger partial charge in [0.05, 0.1) is 0 Å². The van der Waals surface area contributed by atoms with Gasteiger partial charge < -0.3 is 5.32 Å². The lowest BCUT2D eigenvalue weighted by atomic mass is 10.1. The second-order valence-corrected chi connectivity index (χ2v) is 5.68. The highest BCUT2D eigenvalue weighted by Crippen LogP contribution is 2.28. The summed E-state index contributed by atoms with van der Waals surface area (Å²) in [6.07, 6.45) is 13.5. The third kappa shape index (κ3) is 8.05. The average molecular weight is 293 g/mol. The fraction of sp³-hybridized carbons (Fsp3) is 0.471. The van der Waals surface area contributed by atoms with E-state index in [-0.39, 0.29) is 5.91 Å². The van der Waals surface area contributed by atoms with Crippen molar-refractivity contribution in [2.75, 3.05) is 7.05 Å². The molecule has 0 aromatic heterocycles. The lowest BCUT2D eigenvalue weighted by Gasteiger charge is -2.05. The van der Waals surface area contributed by atoms with E-state index in [0.29, 0.717) is 0 Å². The van der Waals surface area contributed by atoms with Crippen LogP contribution in [0.1, 0.15) is 47.0 Å². The molecule has 1 amide bonds. The molecule has 2 rings (SSSR count). The number of likely N-dealkylation sites (N-methyl/N-ethyl adjacent to an activating group) is 1. The van der Waals surface area contributed by atoms with E-state index < -0.39 is 0 Å². The number of carbonyl (C=O) groups is 1. The minimum Gasteiger partial charge on any atom is -0.355 e. The molecular weight excluding hydrogens is 266 g/mol. The molecule has 2 aliphatic rings. The maximum atomic E-state index is 10.9. The zero-order valence-corrected chi connectivity index (χ0v) is 14.1. The zero-order chi connectivity index (χ0) is 15.4. The summed E-state index contributed by atoms with van der Waals surface area (Å²) in [4.78, 5) is 13.8. The summed E-state index contributed by atoms with van der Waals surface area (Å²) in [5.41, 5.74) is 0.786. The number of thioether (sulfide) groups is 1. The smallest absolute Gasteiger partial charge is 0.250 e. The van der Waals surface area contributed by atoms with Crippen LogP contribution in [0.3, 0.4) is 0 Å². The molecule has 0 atom stereocenters. The average Bonchev–Trinajstić information content (AvgIpc) is 2.50. The number of amides is 1. The standard InChI is InChI=1S/C8H11NO.C7H10S.C2H6/c1-9-8(10)7-5-3-2-4-6-7;1-6-4-3-5-7(2)8-6;1-2/h3,5-6H,2,4H2,1H3,(H,9,10);4-5H,3H2,1-2H3;1-2H3. The second-order valence-electron chi connectivity index (χ2n) is 4.19. The molecule has 20 heavy (non-hydrogen) atoms. The molecule has 0 saturated heterocycles. The first-order valence-electron chi connectivity index (χ1n) is 7.23. The van der Waals surface area contributed by atoms with Crippen LogP contribution in [0.4, 0.5) is 0 Å². The first kappa shape index (κ1) is 18.8. The summed E-state index contributed by atoms with van der Waals surface area (Å²) in [6.45, 7) is 8.31. The van der Waals surface area contributed by atoms with Crippen LogP contribution in [0.2, 0.25) is 0 Å². The van der Waals surface area contributed by atoms with Crippen LogP contribution < -0.4 is 5.32 Å². The number of hydrogen-bond acceptors (Lipinski definition) is 2. The Bertz CT molecular complexity index is 401. The van der Waals surface area contributed by atoms with Gasteiger partial charge in [-0.2, -0.15) is 0 Å². The number of allylic oxidation sites excluding steroid dienone is 6. The molecule has 112 valence electrons. The highest BCUT2D eigenvalue weighted by atomic mass is 32.2. The van der Waals surface area contributed by atoms with Crippen LogP contribution in [-0.4, -0.2) is 13.0 Å². The molecular formula is C17H27NOS. The van der Waals surface area contributed by atoms with E-state index >= 15 is 0 Å². The number of hydrogen-bond donors (Lipinski definition) is 1. The molecule has 0 aromatic rings. The summed E-state index contributed by atoms with van der Waals surface area (Å²) < 4.78 is 0. The third-order valence-electron chi connectivity index (χ3n) is 2.62. The van der Waals surface area contributed by atoms with Crippen LogP contribution in [0.15, 0.2) is 45.8 Å². The van der Waals surface area contributed by atoms with Crippen molar-refractivity contribution in [2.24, 2.45) is 0 Å². The molecule has 1 aliphatic heterocycles. The van der Waals surface area contributed by atoms with Crippen molar-refractivity contribution in [2.45, 2.75) is 47.0 Å². The van der Waals surface area contributed by atoms with Crippen LogP contribution in [0.5, 0.6) is 0 Å². The molecule has 1 aliphatic carbocycles. The Kier molecular flexibility index (Phi) is 10.9. The Morgan fingerprint density at radius 3 is 2.05 bits per heavy atom. The molecule has 0 radical (unpaired) electrons. The summed E-state index contributed by atoms with van der Waals surface area (Å²) in [5, 5.41) is 2.58. The van der Waals surface area contributed by atoms with Crippen molar-refractivity contribution in [3.8, 4) is 0 Å². The molecule has 1 heterocycles. The van der Waals surface area contributed by atoms with Crippen molar-refractivity contribution in [3.63, 3.8) is 0 Å². The largest absolute Gasteiger partial charge is 0.355 e. The lowest BCUT2D eigenvalue weighted by molar-refractivity contribution is -0.116. The number of nitrogens with one attached hydrogen (secondary N) is 1. The molecule has 1 N–H and O–H groups in total. The monoisotopic (exact) mass is 293 g/mol. The summed E-state index contributed by atoms with van der Waals surface area (Å²) >= 11 is 1.86. The van der Waals surface area contributed by atoms with E-state index in [2.05, 4.69) is 31.3 Å². The van der Waals surface area contributed by atoms with E-state index in [9.17, 15) is 4.79 Å². The van der Waals surface area contributed by atoms with E-state index in [1.54, 1.807) is 7.05 Å². The van der Waals surface area contributed by atoms with E-state index in [1.807, 2.05) is 43.8 Å². The first-order valence-corrected chi connectivity index (χ1v) is 8.05. The van der Waals surface area contributed by atoms with E-state index in [0.717, 1.165) is 24.8 Å². The van der Waals surface area contributed by atoms with Crippen molar-refractivity contribution >= 4 is 17.7 Å². The summed E-state index contributed by atoms with van der Waals surface area (Å²) in [7, 11) is 1.64. The molecule has 3 heteroatoms. The number of rotatable bonds is 1. The van der Waals surface area contributed by atoms with Gasteiger partial charge in [0, 0.05) is 12.6 Å². The van der Waals surface area contributed by atoms with Gasteiger partial charge >= 0.3 is 0 Å². The molecule has 0 saturated carbocycles. The minimum absolute atomic E-state index is 0.0101. The lowest BCUT2D eigenvalue weighted by Crippen LogP contribution is -2.19. The van der Waals surface area contributed by atoms with Gasteiger partial charge in [-0.25, -0.2) is 0 Å². The SMILES string of the molecule is CC.CC1=CCC=C(C)S1.CNC(=O)C1=CCCC=C1. The van der Waals surface area contributed by atoms with Gasteiger partial charge in [-0.05, 0) is 42.9 Å². The fourth-order valence-electron chi connectivity index (χ4n) is 1.65. The normalized spacial score (nSPS) is 16.4. The van der Waals surface area contributed by atoms with Gasteiger partial charge in [-0.1, -0.05) is 44.2 Å². The van der Waals surface area contributed by atoms with Crippen molar-refractivity contribution in [1.82, 2.24) is 5.32 Å².